The number of nitrogens with zero attached hydrogens (tertiary/aromatic N) is 3. The molecule has 0 radical (unpaired) electrons. The molecule has 1 aliphatic rings. The molecule has 0 aliphatic carbocycles. The second-order valence-electron chi connectivity index (χ2n) is 5.00. The molecule has 100 valence electrons. The fourth-order valence-corrected chi connectivity index (χ4v) is 2.09. The van der Waals surface area contributed by atoms with Crippen LogP contribution in [0.25, 0.3) is 0 Å². The highest BCUT2D eigenvalue weighted by Crippen LogP contribution is 2.16. The van der Waals surface area contributed by atoms with Crippen molar-refractivity contribution in [2.45, 2.75) is 26.7 Å². The maximum absolute atomic E-state index is 12.2. The van der Waals surface area contributed by atoms with Crippen LogP contribution in [0.2, 0.25) is 0 Å². The number of carbonyl (C=O) groups is 1. The summed E-state index contributed by atoms with van der Waals surface area (Å²) in [5, 5.41) is 3.87. The molecule has 0 N–H and O–H groups in total. The molecule has 0 aromatic carbocycles. The first-order valence-electron chi connectivity index (χ1n) is 6.60. The number of amides is 1. The molecule has 18 heavy (non-hydrogen) atoms. The van der Waals surface area contributed by atoms with Gasteiger partial charge in [-0.1, -0.05) is 25.9 Å². The maximum Gasteiger partial charge on any atom is 0.276 e. The normalized spacial score (nSPS) is 17.4. The van der Waals surface area contributed by atoms with Crippen molar-refractivity contribution in [1.29, 1.82) is 0 Å². The number of aromatic nitrogens is 1. The van der Waals surface area contributed by atoms with E-state index in [0.29, 0.717) is 5.69 Å². The van der Waals surface area contributed by atoms with Gasteiger partial charge >= 0.3 is 0 Å². The van der Waals surface area contributed by atoms with E-state index in [1.54, 1.807) is 6.07 Å². The average molecular weight is 251 g/mol. The van der Waals surface area contributed by atoms with Gasteiger partial charge in [0.1, 0.15) is 5.76 Å². The quantitative estimate of drug-likeness (QED) is 0.818. The first-order chi connectivity index (χ1) is 8.61. The van der Waals surface area contributed by atoms with Crippen LogP contribution in [0.1, 0.15) is 42.9 Å². The van der Waals surface area contributed by atoms with Crippen molar-refractivity contribution < 1.29 is 9.32 Å². The van der Waals surface area contributed by atoms with Gasteiger partial charge in [-0.15, -0.1) is 0 Å². The van der Waals surface area contributed by atoms with E-state index < -0.39 is 0 Å². The van der Waals surface area contributed by atoms with E-state index >= 15 is 0 Å². The molecule has 1 aromatic heterocycles. The van der Waals surface area contributed by atoms with Crippen molar-refractivity contribution >= 4 is 5.91 Å². The number of hydrogen-bond donors (Lipinski definition) is 0. The Morgan fingerprint density at radius 1 is 1.39 bits per heavy atom. The molecule has 1 aliphatic heterocycles. The van der Waals surface area contributed by atoms with Crippen molar-refractivity contribution in [2.75, 3.05) is 32.7 Å². The summed E-state index contributed by atoms with van der Waals surface area (Å²) in [7, 11) is 0. The molecule has 1 saturated heterocycles. The van der Waals surface area contributed by atoms with Gasteiger partial charge in [-0.25, -0.2) is 0 Å². The molecule has 5 heteroatoms. The number of likely N-dealkylation sites (N-methyl/N-ethyl adjacent to an activating group) is 1. The molecule has 1 amide bonds. The van der Waals surface area contributed by atoms with E-state index in [1.165, 1.54) is 0 Å². The predicted octanol–water partition coefficient (Wildman–Crippen LogP) is 1.58. The van der Waals surface area contributed by atoms with Gasteiger partial charge in [0.25, 0.3) is 5.91 Å². The molecule has 0 spiro atoms. The van der Waals surface area contributed by atoms with Gasteiger partial charge in [-0.3, -0.25) is 4.79 Å². The van der Waals surface area contributed by atoms with E-state index in [-0.39, 0.29) is 11.8 Å². The van der Waals surface area contributed by atoms with E-state index in [9.17, 15) is 4.79 Å². The first kappa shape index (κ1) is 13.1. The van der Waals surface area contributed by atoms with E-state index in [0.717, 1.165) is 38.5 Å². The van der Waals surface area contributed by atoms with Crippen LogP contribution in [0.4, 0.5) is 0 Å². The van der Waals surface area contributed by atoms with Crippen molar-refractivity contribution in [2.24, 2.45) is 0 Å². The van der Waals surface area contributed by atoms with Gasteiger partial charge in [0.05, 0.1) is 0 Å². The summed E-state index contributed by atoms with van der Waals surface area (Å²) in [6, 6.07) is 1.76. The fourth-order valence-electron chi connectivity index (χ4n) is 2.09. The SMILES string of the molecule is CCN1CCN(C(=O)c2cc(C(C)C)on2)CC1. The van der Waals surface area contributed by atoms with Crippen molar-refractivity contribution in [1.82, 2.24) is 15.0 Å². The maximum atomic E-state index is 12.2. The van der Waals surface area contributed by atoms with Gasteiger partial charge < -0.3 is 14.3 Å². The summed E-state index contributed by atoms with van der Waals surface area (Å²) in [5.41, 5.74) is 0.434. The molecule has 0 bridgehead atoms. The minimum atomic E-state index is -0.0126. The Labute approximate surface area is 108 Å². The molecular weight excluding hydrogens is 230 g/mol. The minimum absolute atomic E-state index is 0.0126. The van der Waals surface area contributed by atoms with Crippen LogP contribution in [-0.4, -0.2) is 53.6 Å². The van der Waals surface area contributed by atoms with Gasteiger partial charge in [-0.2, -0.15) is 0 Å². The van der Waals surface area contributed by atoms with Gasteiger partial charge in [-0.05, 0) is 6.54 Å². The summed E-state index contributed by atoms with van der Waals surface area (Å²) < 4.78 is 5.17. The highest BCUT2D eigenvalue weighted by atomic mass is 16.5. The number of rotatable bonds is 3. The van der Waals surface area contributed by atoms with Crippen LogP contribution in [0.15, 0.2) is 10.6 Å². The highest BCUT2D eigenvalue weighted by Gasteiger charge is 2.24. The van der Waals surface area contributed by atoms with Crippen LogP contribution >= 0.6 is 0 Å². The largest absolute Gasteiger partial charge is 0.360 e. The molecule has 0 atom stereocenters. The zero-order valence-electron chi connectivity index (χ0n) is 11.3. The Hall–Kier alpha value is -1.36. The monoisotopic (exact) mass is 251 g/mol. The Kier molecular flexibility index (Phi) is 4.01. The van der Waals surface area contributed by atoms with Crippen LogP contribution in [0.5, 0.6) is 0 Å². The van der Waals surface area contributed by atoms with Gasteiger partial charge in [0, 0.05) is 38.2 Å². The predicted molar refractivity (Wildman–Crippen MR) is 68.6 cm³/mol. The number of hydrogen-bond acceptors (Lipinski definition) is 4. The van der Waals surface area contributed by atoms with E-state index in [2.05, 4.69) is 17.0 Å². The van der Waals surface area contributed by atoms with Crippen molar-refractivity contribution in [3.8, 4) is 0 Å². The summed E-state index contributed by atoms with van der Waals surface area (Å²) in [5.74, 6) is 1.02. The zero-order valence-corrected chi connectivity index (χ0v) is 11.3. The lowest BCUT2D eigenvalue weighted by atomic mass is 10.1. The lowest BCUT2D eigenvalue weighted by Crippen LogP contribution is -2.48. The van der Waals surface area contributed by atoms with Gasteiger partial charge in [0.2, 0.25) is 0 Å². The smallest absolute Gasteiger partial charge is 0.276 e. The Bertz CT molecular complexity index is 406. The molecule has 1 aromatic rings. The molecule has 0 unspecified atom stereocenters. The van der Waals surface area contributed by atoms with Crippen LogP contribution in [0.3, 0.4) is 0 Å². The van der Waals surface area contributed by atoms with Crippen LogP contribution in [-0.2, 0) is 0 Å². The second kappa shape index (κ2) is 5.52. The molecular formula is C13H21N3O2. The van der Waals surface area contributed by atoms with Crippen molar-refractivity contribution in [3.63, 3.8) is 0 Å². The second-order valence-corrected chi connectivity index (χ2v) is 5.00. The number of piperazine rings is 1. The Morgan fingerprint density at radius 2 is 2.06 bits per heavy atom. The standard InChI is InChI=1S/C13H21N3O2/c1-4-15-5-7-16(8-6-15)13(17)11-9-12(10(2)3)18-14-11/h9-10H,4-8H2,1-3H3. The molecule has 5 nitrogen and oxygen atoms in total. The topological polar surface area (TPSA) is 49.6 Å². The van der Waals surface area contributed by atoms with Crippen LogP contribution in [0, 0.1) is 0 Å². The molecule has 1 fully saturated rings. The lowest BCUT2D eigenvalue weighted by molar-refractivity contribution is 0.0633. The zero-order chi connectivity index (χ0) is 13.1. The summed E-state index contributed by atoms with van der Waals surface area (Å²) in [6.07, 6.45) is 0. The lowest BCUT2D eigenvalue weighted by Gasteiger charge is -2.33. The third kappa shape index (κ3) is 2.72. The summed E-state index contributed by atoms with van der Waals surface area (Å²) in [4.78, 5) is 16.4. The number of carbonyl (C=O) groups excluding carboxylic acids is 1. The molecule has 2 heterocycles. The molecule has 2 rings (SSSR count). The van der Waals surface area contributed by atoms with Crippen LogP contribution < -0.4 is 0 Å². The first-order valence-corrected chi connectivity index (χ1v) is 6.60. The fraction of sp³-hybridized carbons (Fsp3) is 0.692. The van der Waals surface area contributed by atoms with Gasteiger partial charge in [0.15, 0.2) is 5.69 Å². The third-order valence-electron chi connectivity index (χ3n) is 3.42. The molecule has 0 saturated carbocycles. The van der Waals surface area contributed by atoms with Crippen molar-refractivity contribution in [3.05, 3.63) is 17.5 Å². The summed E-state index contributed by atoms with van der Waals surface area (Å²) >= 11 is 0. The van der Waals surface area contributed by atoms with E-state index in [1.807, 2.05) is 18.7 Å². The minimum Gasteiger partial charge on any atom is -0.360 e. The Balaban J connectivity index is 1.98. The average Bonchev–Trinajstić information content (AvgIpc) is 2.88. The van der Waals surface area contributed by atoms with E-state index in [4.69, 9.17) is 4.52 Å². The highest BCUT2D eigenvalue weighted by molar-refractivity contribution is 5.92. The third-order valence-corrected chi connectivity index (χ3v) is 3.42. The summed E-state index contributed by atoms with van der Waals surface area (Å²) in [6.45, 7) is 10.7. The Morgan fingerprint density at radius 3 is 2.56 bits per heavy atom.